The summed E-state index contributed by atoms with van der Waals surface area (Å²) in [5.41, 5.74) is 1.01. The number of carbonyl (C=O) groups is 3. The Morgan fingerprint density at radius 2 is 1.72 bits per heavy atom. The minimum Gasteiger partial charge on any atom is -0.489 e. The summed E-state index contributed by atoms with van der Waals surface area (Å²) in [6.45, 7) is 4.56. The number of cyclic esters (lactones) is 1. The molecule has 1 aliphatic heterocycles. The highest BCUT2D eigenvalue weighted by atomic mass is 35.5. The maximum atomic E-state index is 14.3. The number of rotatable bonds is 12. The molecule has 26 heteroatoms. The third kappa shape index (κ3) is 12.2. The van der Waals surface area contributed by atoms with E-state index < -0.39 is 59.4 Å². The fraction of sp³-hybridized carbons (Fsp3) is 0.353. The fourth-order valence-corrected chi connectivity index (χ4v) is 7.39. The monoisotopic (exact) mass is 939 g/mol. The number of hydrogen-bond acceptors (Lipinski definition) is 14. The summed E-state index contributed by atoms with van der Waals surface area (Å²) in [6, 6.07) is 6.98. The molecule has 0 radical (unpaired) electrons. The topological polar surface area (TPSA) is 270 Å². The smallest absolute Gasteiger partial charge is 0.427 e. The molecule has 0 spiro atoms. The van der Waals surface area contributed by atoms with E-state index in [4.69, 9.17) is 68.6 Å². The van der Waals surface area contributed by atoms with E-state index in [0.717, 1.165) is 36.3 Å². The molecular weight excluding hydrogens is 903 g/mol. The van der Waals surface area contributed by atoms with Crippen molar-refractivity contribution >= 4 is 87.5 Å². The molecule has 6 rings (SSSR count). The number of anilines is 2. The van der Waals surface area contributed by atoms with Gasteiger partial charge in [0.25, 0.3) is 21.0 Å². The van der Waals surface area contributed by atoms with Crippen LogP contribution in [-0.2, 0) is 28.9 Å². The minimum atomic E-state index is -4.18. The summed E-state index contributed by atoms with van der Waals surface area (Å²) in [4.78, 5) is 59.1. The first-order valence-corrected chi connectivity index (χ1v) is 21.7. The molecule has 1 aliphatic carbocycles. The van der Waals surface area contributed by atoms with Crippen LogP contribution >= 0.6 is 42.4 Å². The molecule has 326 valence electrons. The number of fused-ring (bicyclic) bond motifs is 1. The minimum absolute atomic E-state index is 0.00962. The van der Waals surface area contributed by atoms with Crippen LogP contribution in [0, 0.1) is 12.7 Å². The largest absolute Gasteiger partial charge is 0.489 e. The number of imide groups is 1. The maximum absolute atomic E-state index is 14.3. The Kier molecular flexibility index (Phi) is 16.1. The predicted molar refractivity (Wildman–Crippen MR) is 215 cm³/mol. The number of nitrogens with zero attached hydrogens (tertiary/aromatic N) is 5. The van der Waals surface area contributed by atoms with Gasteiger partial charge in [0.15, 0.2) is 5.76 Å². The van der Waals surface area contributed by atoms with Gasteiger partial charge < -0.3 is 33.8 Å². The van der Waals surface area contributed by atoms with Crippen LogP contribution in [0.25, 0.3) is 5.78 Å². The number of carbonyl (C=O) groups excluding carboxylic acids is 2. The van der Waals surface area contributed by atoms with Gasteiger partial charge in [-0.2, -0.15) is 22.9 Å². The normalized spacial score (nSPS) is 14.2. The van der Waals surface area contributed by atoms with Crippen molar-refractivity contribution in [2.45, 2.75) is 57.7 Å². The van der Waals surface area contributed by atoms with Crippen LogP contribution in [0.2, 0.25) is 15.1 Å². The number of amides is 2. The van der Waals surface area contributed by atoms with Gasteiger partial charge in [0, 0.05) is 6.07 Å². The molecule has 2 fully saturated rings. The third-order valence-corrected chi connectivity index (χ3v) is 10.9. The van der Waals surface area contributed by atoms with Crippen LogP contribution in [0.15, 0.2) is 46.8 Å². The molecule has 2 amide bonds. The number of nitrogens with one attached hydrogen (secondary N) is 2. The van der Waals surface area contributed by atoms with Crippen LogP contribution in [0.5, 0.6) is 17.5 Å². The Morgan fingerprint density at radius 1 is 1.05 bits per heavy atom. The van der Waals surface area contributed by atoms with Crippen LogP contribution in [0.1, 0.15) is 45.1 Å². The molecule has 4 aromatic rings. The van der Waals surface area contributed by atoms with Gasteiger partial charge in [0.2, 0.25) is 11.8 Å². The number of carboxylic acid groups (broad SMARTS) is 1. The summed E-state index contributed by atoms with van der Waals surface area (Å²) in [7, 11) is -5.47. The molecular formula is C34H38Cl3FN7O13PS. The number of methoxy groups -OCH3 is 2. The standard InChI is InChI=1S/C17H17ClFNO4.C14H13Cl2N5O4S.C3H8NO5P/c1-9(2)15-16(21)20(17(22)24-15)13-8-14(11(18)7-12(13)19)23-10-5-3-4-6-10;1-7-4-5-8(15)12(11(7)16)20-26(22,23)14-18-13-17-9(24-2)6-10(25-3)21(13)19-14;5-3(6)1-4-2-10(7,8)9/h7-8,10H,3-6H2,1-2H3;4-6,20H,1-3H3;4H,1-2H2,(H,5,6)(H2,7,8,9). The van der Waals surface area contributed by atoms with Crippen molar-refractivity contribution in [1.29, 1.82) is 0 Å². The molecule has 1 saturated heterocycles. The Hall–Kier alpha value is -4.80. The molecule has 0 unspecified atom stereocenters. The first-order valence-electron chi connectivity index (χ1n) is 17.3. The van der Waals surface area contributed by atoms with Gasteiger partial charge in [-0.25, -0.2) is 14.1 Å². The number of aromatic nitrogens is 4. The number of sulfonamides is 1. The molecule has 2 aromatic carbocycles. The summed E-state index contributed by atoms with van der Waals surface area (Å²) in [5, 5.41) is 13.9. The van der Waals surface area contributed by atoms with E-state index in [1.807, 2.05) is 0 Å². The van der Waals surface area contributed by atoms with E-state index in [1.165, 1.54) is 32.4 Å². The van der Waals surface area contributed by atoms with Crippen molar-refractivity contribution in [3.8, 4) is 17.5 Å². The number of allylic oxidation sites excluding steroid dienone is 1. The summed E-state index contributed by atoms with van der Waals surface area (Å²) in [5.74, 6) is -2.08. The average molecular weight is 941 g/mol. The zero-order chi connectivity index (χ0) is 44.7. The number of aliphatic carboxylic acids is 1. The Morgan fingerprint density at radius 3 is 2.28 bits per heavy atom. The number of benzene rings is 2. The van der Waals surface area contributed by atoms with Crippen LogP contribution in [-0.4, -0.2) is 94.0 Å². The number of carboxylic acids is 1. The average Bonchev–Trinajstić information content (AvgIpc) is 3.92. The SMILES string of the molecule is CC(C)=C1OC(=O)N(c2cc(OC3CCCC3)c(Cl)cc2F)C1=O.COc1cc(OC)n2nc(S(=O)(=O)Nc3c(Cl)ccc(C)c3Cl)nc2n1.O=C(O)CNCP(=O)(O)O. The lowest BCUT2D eigenvalue weighted by atomic mass is 10.2. The highest BCUT2D eigenvalue weighted by Crippen LogP contribution is 2.38. The first-order chi connectivity index (χ1) is 28.1. The van der Waals surface area contributed by atoms with Crippen LogP contribution in [0.4, 0.5) is 20.6 Å². The Balaban J connectivity index is 0.000000217. The molecule has 2 aliphatic rings. The van der Waals surface area contributed by atoms with Gasteiger partial charge in [-0.3, -0.25) is 24.2 Å². The number of aryl methyl sites for hydroxylation is 1. The molecule has 2 aromatic heterocycles. The highest BCUT2D eigenvalue weighted by molar-refractivity contribution is 7.92. The quantitative estimate of drug-likeness (QED) is 0.0813. The highest BCUT2D eigenvalue weighted by Gasteiger charge is 2.40. The molecule has 5 N–H and O–H groups in total. The second-order valence-corrected chi connectivity index (χ2v) is 17.3. The Bertz CT molecular complexity index is 2480. The van der Waals surface area contributed by atoms with Gasteiger partial charge in [0.05, 0.1) is 65.7 Å². The Labute approximate surface area is 356 Å². The van der Waals surface area contributed by atoms with Crippen molar-refractivity contribution in [2.24, 2.45) is 0 Å². The van der Waals surface area contributed by atoms with E-state index in [-0.39, 0.29) is 61.6 Å². The lowest BCUT2D eigenvalue weighted by molar-refractivity contribution is -0.135. The fourth-order valence-electron chi connectivity index (χ4n) is 5.26. The zero-order valence-electron chi connectivity index (χ0n) is 32.2. The molecule has 0 bridgehead atoms. The van der Waals surface area contributed by atoms with Crippen molar-refractivity contribution in [3.63, 3.8) is 0 Å². The lowest BCUT2D eigenvalue weighted by Gasteiger charge is -2.18. The van der Waals surface area contributed by atoms with Gasteiger partial charge in [-0.1, -0.05) is 40.9 Å². The van der Waals surface area contributed by atoms with Gasteiger partial charge in [-0.15, -0.1) is 5.10 Å². The van der Waals surface area contributed by atoms with Gasteiger partial charge in [0.1, 0.15) is 11.6 Å². The van der Waals surface area contributed by atoms with Crippen LogP contribution < -0.4 is 29.1 Å². The zero-order valence-corrected chi connectivity index (χ0v) is 36.2. The van der Waals surface area contributed by atoms with Crippen LogP contribution in [0.3, 0.4) is 0 Å². The number of hydrogen-bond donors (Lipinski definition) is 5. The molecule has 20 nitrogen and oxygen atoms in total. The first kappa shape index (κ1) is 47.9. The maximum Gasteiger partial charge on any atom is 0.427 e. The van der Waals surface area contributed by atoms with Crippen molar-refractivity contribution in [1.82, 2.24) is 24.9 Å². The molecule has 60 heavy (non-hydrogen) atoms. The predicted octanol–water partition coefficient (Wildman–Crippen LogP) is 5.93. The van der Waals surface area contributed by atoms with E-state index in [0.29, 0.717) is 16.0 Å². The van der Waals surface area contributed by atoms with Gasteiger partial charge in [-0.05, 0) is 69.7 Å². The summed E-state index contributed by atoms with van der Waals surface area (Å²) >= 11 is 18.3. The van der Waals surface area contributed by atoms with Gasteiger partial charge >= 0.3 is 25.6 Å². The second kappa shape index (κ2) is 20.2. The van der Waals surface area contributed by atoms with Crippen molar-refractivity contribution < 1.29 is 65.6 Å². The molecule has 3 heterocycles. The van der Waals surface area contributed by atoms with Crippen molar-refractivity contribution in [3.05, 3.63) is 68.1 Å². The molecule has 0 atom stereocenters. The number of halogens is 4. The third-order valence-electron chi connectivity index (χ3n) is 8.07. The lowest BCUT2D eigenvalue weighted by Crippen LogP contribution is -2.29. The summed E-state index contributed by atoms with van der Waals surface area (Å²) < 4.78 is 74.1. The van der Waals surface area contributed by atoms with E-state index in [9.17, 15) is 31.8 Å². The molecule has 1 saturated carbocycles. The summed E-state index contributed by atoms with van der Waals surface area (Å²) in [6.07, 6.45) is 2.40. The van der Waals surface area contributed by atoms with E-state index in [2.05, 4.69) is 25.1 Å². The van der Waals surface area contributed by atoms with E-state index >= 15 is 0 Å². The second-order valence-electron chi connectivity index (χ2n) is 12.8. The number of ether oxygens (including phenoxy) is 4. The van der Waals surface area contributed by atoms with Crippen molar-refractivity contribution in [2.75, 3.05) is 36.7 Å². The van der Waals surface area contributed by atoms with E-state index in [1.54, 1.807) is 26.8 Å².